The Balaban J connectivity index is 1.69. The van der Waals surface area contributed by atoms with Crippen molar-refractivity contribution in [2.45, 2.75) is 19.1 Å². The van der Waals surface area contributed by atoms with Crippen LogP contribution in [0.2, 0.25) is 0 Å². The van der Waals surface area contributed by atoms with Gasteiger partial charge < -0.3 is 14.8 Å². The van der Waals surface area contributed by atoms with Crippen LogP contribution in [0.4, 0.5) is 0 Å². The Morgan fingerprint density at radius 3 is 3.00 bits per heavy atom. The van der Waals surface area contributed by atoms with Crippen LogP contribution in [0.3, 0.4) is 0 Å². The maximum absolute atomic E-state index is 11.0. The summed E-state index contributed by atoms with van der Waals surface area (Å²) >= 11 is 0. The van der Waals surface area contributed by atoms with Crippen molar-refractivity contribution in [3.05, 3.63) is 35.9 Å². The Kier molecular flexibility index (Phi) is 4.53. The highest BCUT2D eigenvalue weighted by molar-refractivity contribution is 5.77. The predicted octanol–water partition coefficient (Wildman–Crippen LogP) is 1.11. The van der Waals surface area contributed by atoms with E-state index in [9.17, 15) is 4.79 Å². The first-order valence-corrected chi connectivity index (χ1v) is 5.84. The highest BCUT2D eigenvalue weighted by Gasteiger charge is 2.16. The van der Waals surface area contributed by atoms with E-state index in [-0.39, 0.29) is 18.6 Å². The Morgan fingerprint density at radius 1 is 1.35 bits per heavy atom. The number of rotatable bonds is 4. The van der Waals surface area contributed by atoms with Gasteiger partial charge in [0.1, 0.15) is 6.61 Å². The molecular weight excluding hydrogens is 218 g/mol. The Labute approximate surface area is 101 Å². The van der Waals surface area contributed by atoms with E-state index in [1.54, 1.807) is 0 Å². The molecule has 1 heterocycles. The van der Waals surface area contributed by atoms with Crippen molar-refractivity contribution in [1.82, 2.24) is 5.32 Å². The minimum Gasteiger partial charge on any atom is -0.374 e. The number of nitrogens with one attached hydrogen (secondary N) is 1. The lowest BCUT2D eigenvalue weighted by Crippen LogP contribution is -2.24. The van der Waals surface area contributed by atoms with Gasteiger partial charge in [-0.05, 0) is 12.0 Å². The zero-order chi connectivity index (χ0) is 11.9. The largest absolute Gasteiger partial charge is 0.374 e. The highest BCUT2D eigenvalue weighted by Crippen LogP contribution is 2.05. The molecule has 1 N–H and O–H groups in total. The molecule has 92 valence electrons. The quantitative estimate of drug-likeness (QED) is 0.850. The van der Waals surface area contributed by atoms with Crippen molar-refractivity contribution < 1.29 is 14.3 Å². The van der Waals surface area contributed by atoms with Gasteiger partial charge in [-0.25, -0.2) is 0 Å². The fraction of sp³-hybridized carbons (Fsp3) is 0.462. The second-order valence-electron chi connectivity index (χ2n) is 4.07. The topological polar surface area (TPSA) is 47.6 Å². The molecule has 0 bridgehead atoms. The van der Waals surface area contributed by atoms with Crippen LogP contribution < -0.4 is 5.32 Å². The number of carbonyl (C=O) groups excluding carboxylic acids is 1. The maximum atomic E-state index is 11.0. The number of hydrogen-bond acceptors (Lipinski definition) is 3. The van der Waals surface area contributed by atoms with Crippen LogP contribution in [0.15, 0.2) is 30.3 Å². The molecule has 1 aliphatic rings. The first kappa shape index (κ1) is 12.1. The minimum absolute atomic E-state index is 0.0117. The zero-order valence-electron chi connectivity index (χ0n) is 9.72. The summed E-state index contributed by atoms with van der Waals surface area (Å²) in [7, 11) is 0. The summed E-state index contributed by atoms with van der Waals surface area (Å²) in [6.45, 7) is 1.92. The van der Waals surface area contributed by atoms with Gasteiger partial charge in [-0.3, -0.25) is 4.79 Å². The maximum Gasteiger partial charge on any atom is 0.246 e. The van der Waals surface area contributed by atoms with Crippen molar-refractivity contribution in [2.24, 2.45) is 0 Å². The van der Waals surface area contributed by atoms with Gasteiger partial charge in [-0.2, -0.15) is 0 Å². The van der Waals surface area contributed by atoms with Gasteiger partial charge in [0, 0.05) is 6.54 Å². The Morgan fingerprint density at radius 2 is 2.18 bits per heavy atom. The van der Waals surface area contributed by atoms with Crippen LogP contribution in [-0.4, -0.2) is 31.8 Å². The number of ether oxygens (including phenoxy) is 2. The normalized spacial score (nSPS) is 20.7. The molecule has 17 heavy (non-hydrogen) atoms. The molecule has 0 aromatic heterocycles. The van der Waals surface area contributed by atoms with Crippen LogP contribution in [0.25, 0.3) is 0 Å². The van der Waals surface area contributed by atoms with Gasteiger partial charge in [-0.15, -0.1) is 0 Å². The molecule has 1 saturated heterocycles. The summed E-state index contributed by atoms with van der Waals surface area (Å²) in [5, 5.41) is 2.76. The second kappa shape index (κ2) is 6.37. The molecule has 1 aliphatic heterocycles. The first-order chi connectivity index (χ1) is 8.34. The van der Waals surface area contributed by atoms with Crippen LogP contribution in [-0.2, 0) is 20.9 Å². The van der Waals surface area contributed by atoms with E-state index in [1.165, 1.54) is 0 Å². The van der Waals surface area contributed by atoms with Crippen LogP contribution >= 0.6 is 0 Å². The summed E-state index contributed by atoms with van der Waals surface area (Å²) in [5.74, 6) is -0.0458. The van der Waals surface area contributed by atoms with Gasteiger partial charge in [0.05, 0.1) is 19.3 Å². The molecule has 2 rings (SSSR count). The molecule has 1 fully saturated rings. The third-order valence-electron chi connectivity index (χ3n) is 2.65. The third kappa shape index (κ3) is 4.17. The first-order valence-electron chi connectivity index (χ1n) is 5.84. The molecule has 4 heteroatoms. The van der Waals surface area contributed by atoms with Crippen molar-refractivity contribution in [1.29, 1.82) is 0 Å². The van der Waals surface area contributed by atoms with Crippen molar-refractivity contribution in [3.63, 3.8) is 0 Å². The summed E-state index contributed by atoms with van der Waals surface area (Å²) in [6, 6.07) is 10.0. The average Bonchev–Trinajstić information content (AvgIpc) is 2.56. The predicted molar refractivity (Wildman–Crippen MR) is 63.5 cm³/mol. The SMILES string of the molecule is O=C1CO[C@@H](COCc2ccccc2)CCN1. The van der Waals surface area contributed by atoms with Crippen LogP contribution in [0.5, 0.6) is 0 Å². The van der Waals surface area contributed by atoms with Gasteiger partial charge in [0.25, 0.3) is 0 Å². The highest BCUT2D eigenvalue weighted by atomic mass is 16.5. The van der Waals surface area contributed by atoms with Crippen molar-refractivity contribution in [3.8, 4) is 0 Å². The third-order valence-corrected chi connectivity index (χ3v) is 2.65. The van der Waals surface area contributed by atoms with Gasteiger partial charge >= 0.3 is 0 Å². The molecule has 4 nitrogen and oxygen atoms in total. The van der Waals surface area contributed by atoms with Gasteiger partial charge in [-0.1, -0.05) is 30.3 Å². The summed E-state index contributed by atoms with van der Waals surface area (Å²) in [6.07, 6.45) is 0.818. The smallest absolute Gasteiger partial charge is 0.246 e. The lowest BCUT2D eigenvalue weighted by molar-refractivity contribution is -0.126. The van der Waals surface area contributed by atoms with E-state index in [0.29, 0.717) is 19.8 Å². The molecule has 1 aromatic rings. The van der Waals surface area contributed by atoms with E-state index < -0.39 is 0 Å². The fourth-order valence-corrected chi connectivity index (χ4v) is 1.71. The number of amides is 1. The number of benzene rings is 1. The molecule has 1 amide bonds. The molecule has 1 aromatic carbocycles. The average molecular weight is 235 g/mol. The molecule has 1 atom stereocenters. The van der Waals surface area contributed by atoms with Crippen LogP contribution in [0, 0.1) is 0 Å². The molecular formula is C13H17NO3. The lowest BCUT2D eigenvalue weighted by atomic mass is 10.2. The number of hydrogen-bond donors (Lipinski definition) is 1. The van der Waals surface area contributed by atoms with Gasteiger partial charge in [0.2, 0.25) is 5.91 Å². The van der Waals surface area contributed by atoms with E-state index in [2.05, 4.69) is 5.32 Å². The minimum atomic E-state index is -0.0458. The van der Waals surface area contributed by atoms with Crippen molar-refractivity contribution in [2.75, 3.05) is 19.8 Å². The van der Waals surface area contributed by atoms with Crippen LogP contribution in [0.1, 0.15) is 12.0 Å². The van der Waals surface area contributed by atoms with E-state index in [1.807, 2.05) is 30.3 Å². The molecule has 0 aliphatic carbocycles. The zero-order valence-corrected chi connectivity index (χ0v) is 9.72. The van der Waals surface area contributed by atoms with E-state index >= 15 is 0 Å². The monoisotopic (exact) mass is 235 g/mol. The van der Waals surface area contributed by atoms with E-state index in [4.69, 9.17) is 9.47 Å². The Hall–Kier alpha value is -1.39. The number of carbonyl (C=O) groups is 1. The molecule has 0 unspecified atom stereocenters. The second-order valence-corrected chi connectivity index (χ2v) is 4.07. The molecule has 0 spiro atoms. The summed E-state index contributed by atoms with van der Waals surface area (Å²) in [4.78, 5) is 11.0. The Bertz CT molecular complexity index is 353. The summed E-state index contributed by atoms with van der Waals surface area (Å²) < 4.78 is 11.0. The fourth-order valence-electron chi connectivity index (χ4n) is 1.71. The van der Waals surface area contributed by atoms with Crippen molar-refractivity contribution >= 4 is 5.91 Å². The standard InChI is InChI=1S/C13H17NO3/c15-13-10-17-12(6-7-14-13)9-16-8-11-4-2-1-3-5-11/h1-5,12H,6-10H2,(H,14,15)/t12-/m1/s1. The molecule has 0 saturated carbocycles. The lowest BCUT2D eigenvalue weighted by Gasteiger charge is -2.14. The van der Waals surface area contributed by atoms with E-state index in [0.717, 1.165) is 12.0 Å². The molecule has 0 radical (unpaired) electrons. The van der Waals surface area contributed by atoms with Gasteiger partial charge in [0.15, 0.2) is 0 Å². The summed E-state index contributed by atoms with van der Waals surface area (Å²) in [5.41, 5.74) is 1.15.